The van der Waals surface area contributed by atoms with Gasteiger partial charge >= 0.3 is 0 Å². The van der Waals surface area contributed by atoms with Gasteiger partial charge in [0.05, 0.1) is 6.61 Å². The Kier molecular flexibility index (Phi) is 8.27. The lowest BCUT2D eigenvalue weighted by Gasteiger charge is -2.30. The molecule has 102 valence electrons. The van der Waals surface area contributed by atoms with E-state index in [1.165, 1.54) is 38.8 Å². The number of methoxy groups -OCH3 is 1. The fourth-order valence-electron chi connectivity index (χ4n) is 2.61. The molecule has 1 heterocycles. The van der Waals surface area contributed by atoms with E-state index < -0.39 is 0 Å². The van der Waals surface area contributed by atoms with Gasteiger partial charge in [-0.15, -0.1) is 0 Å². The number of rotatable bonds is 7. The summed E-state index contributed by atoms with van der Waals surface area (Å²) < 4.78 is 5.36. The summed E-state index contributed by atoms with van der Waals surface area (Å²) >= 11 is 2.03. The van der Waals surface area contributed by atoms with Gasteiger partial charge in [-0.2, -0.15) is 11.8 Å². The average Bonchev–Trinajstić information content (AvgIpc) is 2.59. The van der Waals surface area contributed by atoms with Crippen molar-refractivity contribution in [2.45, 2.75) is 43.4 Å². The molecule has 2 atom stereocenters. The highest BCUT2D eigenvalue weighted by Crippen LogP contribution is 2.23. The standard InChI is InChI=1S/C13H28N2OS/c1-16-11-12(5-3-8-14)15-9-4-6-13(17-2)7-10-15/h12-13H,3-11,14H2,1-2H3. The van der Waals surface area contributed by atoms with E-state index in [0.29, 0.717) is 6.04 Å². The zero-order valence-corrected chi connectivity index (χ0v) is 12.2. The van der Waals surface area contributed by atoms with Crippen LogP contribution in [0.25, 0.3) is 0 Å². The van der Waals surface area contributed by atoms with E-state index >= 15 is 0 Å². The number of likely N-dealkylation sites (tertiary alicyclic amines) is 1. The first-order valence-electron chi connectivity index (χ1n) is 6.77. The van der Waals surface area contributed by atoms with Crippen LogP contribution in [0.4, 0.5) is 0 Å². The lowest BCUT2D eigenvalue weighted by molar-refractivity contribution is 0.0862. The Morgan fingerprint density at radius 3 is 2.88 bits per heavy atom. The van der Waals surface area contributed by atoms with Crippen LogP contribution in [-0.2, 0) is 4.74 Å². The summed E-state index contributed by atoms with van der Waals surface area (Å²) in [5.41, 5.74) is 5.61. The molecule has 0 amide bonds. The van der Waals surface area contributed by atoms with Gasteiger partial charge in [-0.3, -0.25) is 4.90 Å². The second kappa shape index (κ2) is 9.20. The van der Waals surface area contributed by atoms with E-state index in [-0.39, 0.29) is 0 Å². The van der Waals surface area contributed by atoms with E-state index in [9.17, 15) is 0 Å². The Hall–Kier alpha value is 0.230. The molecule has 0 aromatic carbocycles. The van der Waals surface area contributed by atoms with Gasteiger partial charge in [0, 0.05) is 18.4 Å². The zero-order chi connectivity index (χ0) is 12.5. The van der Waals surface area contributed by atoms with Crippen LogP contribution in [0.15, 0.2) is 0 Å². The molecule has 0 aliphatic carbocycles. The average molecular weight is 260 g/mol. The first kappa shape index (κ1) is 15.3. The third kappa shape index (κ3) is 5.60. The van der Waals surface area contributed by atoms with Crippen molar-refractivity contribution in [1.82, 2.24) is 4.90 Å². The lowest BCUT2D eigenvalue weighted by atomic mass is 10.1. The van der Waals surface area contributed by atoms with E-state index in [0.717, 1.165) is 24.8 Å². The largest absolute Gasteiger partial charge is 0.383 e. The molecule has 1 saturated heterocycles. The fourth-order valence-corrected chi connectivity index (χ4v) is 3.35. The van der Waals surface area contributed by atoms with Crippen LogP contribution in [0.5, 0.6) is 0 Å². The molecule has 17 heavy (non-hydrogen) atoms. The summed E-state index contributed by atoms with van der Waals surface area (Å²) in [4.78, 5) is 2.62. The van der Waals surface area contributed by atoms with Gasteiger partial charge < -0.3 is 10.5 Å². The molecule has 0 bridgehead atoms. The molecule has 0 radical (unpaired) electrons. The Morgan fingerprint density at radius 1 is 1.41 bits per heavy atom. The summed E-state index contributed by atoms with van der Waals surface area (Å²) in [5, 5.41) is 0.859. The maximum atomic E-state index is 5.61. The molecule has 1 aliphatic rings. The number of hydrogen-bond donors (Lipinski definition) is 1. The predicted molar refractivity (Wildman–Crippen MR) is 76.7 cm³/mol. The minimum absolute atomic E-state index is 0.573. The summed E-state index contributed by atoms with van der Waals surface area (Å²) in [5.74, 6) is 0. The van der Waals surface area contributed by atoms with Gasteiger partial charge in [-0.05, 0) is 58.0 Å². The quantitative estimate of drug-likeness (QED) is 0.759. The van der Waals surface area contributed by atoms with E-state index in [1.807, 2.05) is 11.8 Å². The minimum Gasteiger partial charge on any atom is -0.383 e. The molecule has 0 spiro atoms. The van der Waals surface area contributed by atoms with E-state index in [4.69, 9.17) is 10.5 Å². The van der Waals surface area contributed by atoms with Gasteiger partial charge in [0.15, 0.2) is 0 Å². The first-order valence-corrected chi connectivity index (χ1v) is 8.06. The summed E-state index contributed by atoms with van der Waals surface area (Å²) in [6, 6.07) is 0.573. The molecule has 0 saturated carbocycles. The van der Waals surface area contributed by atoms with Crippen LogP contribution in [0, 0.1) is 0 Å². The van der Waals surface area contributed by atoms with Gasteiger partial charge in [0.25, 0.3) is 0 Å². The van der Waals surface area contributed by atoms with Crippen molar-refractivity contribution in [2.75, 3.05) is 39.6 Å². The molecule has 3 nitrogen and oxygen atoms in total. The van der Waals surface area contributed by atoms with Crippen LogP contribution >= 0.6 is 11.8 Å². The van der Waals surface area contributed by atoms with Gasteiger partial charge in [0.2, 0.25) is 0 Å². The zero-order valence-electron chi connectivity index (χ0n) is 11.4. The Bertz CT molecular complexity index is 192. The SMILES string of the molecule is COCC(CCCN)N1CCCC(SC)CC1. The smallest absolute Gasteiger partial charge is 0.0618 e. The van der Waals surface area contributed by atoms with Crippen molar-refractivity contribution in [1.29, 1.82) is 0 Å². The molecular weight excluding hydrogens is 232 g/mol. The van der Waals surface area contributed by atoms with E-state index in [1.54, 1.807) is 7.11 Å². The number of thioether (sulfide) groups is 1. The fraction of sp³-hybridized carbons (Fsp3) is 1.00. The Morgan fingerprint density at radius 2 is 2.24 bits per heavy atom. The van der Waals surface area contributed by atoms with Crippen molar-refractivity contribution < 1.29 is 4.74 Å². The van der Waals surface area contributed by atoms with E-state index in [2.05, 4.69) is 11.2 Å². The highest BCUT2D eigenvalue weighted by Gasteiger charge is 2.22. The third-order valence-electron chi connectivity index (χ3n) is 3.66. The first-order chi connectivity index (χ1) is 8.31. The van der Waals surface area contributed by atoms with Crippen molar-refractivity contribution in [3.63, 3.8) is 0 Å². The molecule has 2 N–H and O–H groups in total. The number of nitrogens with zero attached hydrogens (tertiary/aromatic N) is 1. The molecule has 4 heteroatoms. The summed E-state index contributed by atoms with van der Waals surface area (Å²) in [7, 11) is 1.80. The Labute approximate surface area is 110 Å². The number of nitrogens with two attached hydrogens (primary N) is 1. The van der Waals surface area contributed by atoms with Crippen molar-refractivity contribution in [3.05, 3.63) is 0 Å². The minimum atomic E-state index is 0.573. The maximum absolute atomic E-state index is 5.61. The van der Waals surface area contributed by atoms with Crippen LogP contribution in [0.1, 0.15) is 32.1 Å². The second-order valence-electron chi connectivity index (χ2n) is 4.86. The molecule has 0 aromatic rings. The van der Waals surface area contributed by atoms with Crippen molar-refractivity contribution >= 4 is 11.8 Å². The van der Waals surface area contributed by atoms with Crippen molar-refractivity contribution in [2.24, 2.45) is 5.73 Å². The maximum Gasteiger partial charge on any atom is 0.0618 e. The molecule has 0 aromatic heterocycles. The van der Waals surface area contributed by atoms with Crippen LogP contribution in [0.2, 0.25) is 0 Å². The van der Waals surface area contributed by atoms with Crippen LogP contribution in [-0.4, -0.2) is 55.8 Å². The normalized spacial score (nSPS) is 24.5. The monoisotopic (exact) mass is 260 g/mol. The van der Waals surface area contributed by atoms with Crippen molar-refractivity contribution in [3.8, 4) is 0 Å². The molecule has 2 unspecified atom stereocenters. The second-order valence-corrected chi connectivity index (χ2v) is 6.00. The summed E-state index contributed by atoms with van der Waals surface area (Å²) in [6.45, 7) is 4.10. The van der Waals surface area contributed by atoms with Gasteiger partial charge in [-0.1, -0.05) is 0 Å². The Balaban J connectivity index is 2.42. The molecular formula is C13H28N2OS. The number of hydrogen-bond acceptors (Lipinski definition) is 4. The topological polar surface area (TPSA) is 38.5 Å². The van der Waals surface area contributed by atoms with Gasteiger partial charge in [0.1, 0.15) is 0 Å². The third-order valence-corrected chi connectivity index (χ3v) is 4.80. The molecule has 1 rings (SSSR count). The predicted octanol–water partition coefficient (Wildman–Crippen LogP) is 1.96. The van der Waals surface area contributed by atoms with Gasteiger partial charge in [-0.25, -0.2) is 0 Å². The highest BCUT2D eigenvalue weighted by molar-refractivity contribution is 7.99. The summed E-state index contributed by atoms with van der Waals surface area (Å²) in [6.07, 6.45) is 8.54. The lowest BCUT2D eigenvalue weighted by Crippen LogP contribution is -2.39. The van der Waals surface area contributed by atoms with Crippen LogP contribution < -0.4 is 5.73 Å². The molecule has 1 fully saturated rings. The van der Waals surface area contributed by atoms with Crippen LogP contribution in [0.3, 0.4) is 0 Å². The number of ether oxygens (including phenoxy) is 1. The highest BCUT2D eigenvalue weighted by atomic mass is 32.2. The molecule has 1 aliphatic heterocycles.